The van der Waals surface area contributed by atoms with Crippen molar-refractivity contribution in [2.45, 2.75) is 46.2 Å². The highest BCUT2D eigenvalue weighted by Crippen LogP contribution is 2.23. The second-order valence-electron chi connectivity index (χ2n) is 8.29. The van der Waals surface area contributed by atoms with Crippen LogP contribution in [0.25, 0.3) is 22.7 Å². The molecular formula is C24H29N7O3. The molecule has 3 N–H and O–H groups in total. The van der Waals surface area contributed by atoms with Crippen LogP contribution in [0, 0.1) is 0 Å². The van der Waals surface area contributed by atoms with E-state index in [0.717, 1.165) is 12.0 Å². The first kappa shape index (κ1) is 23.1. The fourth-order valence-corrected chi connectivity index (χ4v) is 4.02. The van der Waals surface area contributed by atoms with Crippen molar-refractivity contribution in [3.05, 3.63) is 69.0 Å². The molecule has 0 bridgehead atoms. The molecule has 0 aliphatic carbocycles. The maximum absolute atomic E-state index is 13.0. The molecule has 3 aromatic heterocycles. The van der Waals surface area contributed by atoms with Gasteiger partial charge in [-0.05, 0) is 30.5 Å². The Morgan fingerprint density at radius 2 is 1.88 bits per heavy atom. The fraction of sp³-hybridized carbons (Fsp3) is 0.333. The third kappa shape index (κ3) is 4.39. The minimum atomic E-state index is -0.368. The monoisotopic (exact) mass is 463 g/mol. The number of aryl methyl sites for hydroxylation is 2. The zero-order chi connectivity index (χ0) is 24.4. The van der Waals surface area contributed by atoms with Gasteiger partial charge in [-0.15, -0.1) is 0 Å². The lowest BCUT2D eigenvalue weighted by atomic mass is 10.1. The molecule has 10 heteroatoms. The van der Waals surface area contributed by atoms with Crippen molar-refractivity contribution in [1.29, 1.82) is 0 Å². The molecule has 0 aliphatic heterocycles. The number of phenolic OH excluding ortho intramolecular Hbond substituents is 1. The number of rotatable bonds is 9. The molecule has 0 spiro atoms. The van der Waals surface area contributed by atoms with Gasteiger partial charge in [-0.2, -0.15) is 5.10 Å². The molecule has 34 heavy (non-hydrogen) atoms. The summed E-state index contributed by atoms with van der Waals surface area (Å²) in [6.07, 6.45) is 1.94. The molecule has 0 saturated heterocycles. The van der Waals surface area contributed by atoms with E-state index < -0.39 is 0 Å². The molecule has 4 rings (SSSR count). The third-order valence-corrected chi connectivity index (χ3v) is 5.51. The van der Waals surface area contributed by atoms with Gasteiger partial charge >= 0.3 is 5.69 Å². The number of aromatic nitrogens is 6. The molecule has 0 radical (unpaired) electrons. The summed E-state index contributed by atoms with van der Waals surface area (Å²) in [5.74, 6) is 1.22. The number of fused-ring (bicyclic) bond motifs is 1. The number of phenols is 1. The maximum atomic E-state index is 13.0. The van der Waals surface area contributed by atoms with Crippen molar-refractivity contribution in [3.8, 4) is 17.3 Å². The first-order chi connectivity index (χ1) is 16.3. The van der Waals surface area contributed by atoms with E-state index in [0.29, 0.717) is 60.1 Å². The van der Waals surface area contributed by atoms with Gasteiger partial charge in [-0.1, -0.05) is 32.6 Å². The molecule has 0 aliphatic rings. The van der Waals surface area contributed by atoms with Crippen LogP contribution in [0.3, 0.4) is 0 Å². The first-order valence-electron chi connectivity index (χ1n) is 11.3. The molecule has 10 nitrogen and oxygen atoms in total. The number of imidazole rings is 1. The van der Waals surface area contributed by atoms with Crippen LogP contribution < -0.4 is 16.6 Å². The van der Waals surface area contributed by atoms with Crippen LogP contribution in [0.1, 0.15) is 32.3 Å². The number of aromatic amines is 1. The van der Waals surface area contributed by atoms with Gasteiger partial charge in [0.2, 0.25) is 0 Å². The smallest absolute Gasteiger partial charge is 0.332 e. The van der Waals surface area contributed by atoms with Crippen molar-refractivity contribution < 1.29 is 5.11 Å². The quantitative estimate of drug-likeness (QED) is 0.351. The Labute approximate surface area is 196 Å². The van der Waals surface area contributed by atoms with E-state index in [-0.39, 0.29) is 17.0 Å². The summed E-state index contributed by atoms with van der Waals surface area (Å²) in [5.41, 5.74) is 2.23. The fourth-order valence-electron chi connectivity index (χ4n) is 4.02. The number of nitrogens with one attached hydrogen (secondary N) is 2. The van der Waals surface area contributed by atoms with Gasteiger partial charge in [0.25, 0.3) is 5.56 Å². The Balaban J connectivity index is 1.68. The molecule has 0 saturated carbocycles. The molecule has 178 valence electrons. The van der Waals surface area contributed by atoms with Gasteiger partial charge < -0.3 is 15.4 Å². The normalized spacial score (nSPS) is 11.3. The molecular weight excluding hydrogens is 434 g/mol. The number of H-pyrrole nitrogens is 1. The van der Waals surface area contributed by atoms with Crippen LogP contribution in [0.5, 0.6) is 5.75 Å². The molecule has 0 atom stereocenters. The van der Waals surface area contributed by atoms with Crippen molar-refractivity contribution >= 4 is 17.0 Å². The molecule has 0 fully saturated rings. The van der Waals surface area contributed by atoms with Crippen LogP contribution in [0.2, 0.25) is 0 Å². The van der Waals surface area contributed by atoms with Gasteiger partial charge in [0, 0.05) is 38.3 Å². The predicted molar refractivity (Wildman–Crippen MR) is 132 cm³/mol. The lowest BCUT2D eigenvalue weighted by Gasteiger charge is -2.09. The average Bonchev–Trinajstić information content (AvgIpc) is 3.37. The van der Waals surface area contributed by atoms with E-state index in [2.05, 4.69) is 27.0 Å². The highest BCUT2D eigenvalue weighted by atomic mass is 16.3. The van der Waals surface area contributed by atoms with Crippen LogP contribution in [-0.2, 0) is 26.6 Å². The van der Waals surface area contributed by atoms with Crippen LogP contribution in [-0.4, -0.2) is 34.0 Å². The second kappa shape index (κ2) is 9.42. The Hall–Kier alpha value is -4.08. The molecule has 1 aromatic carbocycles. The van der Waals surface area contributed by atoms with Gasteiger partial charge in [0.1, 0.15) is 17.0 Å². The number of anilines is 1. The summed E-state index contributed by atoms with van der Waals surface area (Å²) in [6.45, 7) is 8.78. The summed E-state index contributed by atoms with van der Waals surface area (Å²) in [4.78, 5) is 33.6. The summed E-state index contributed by atoms with van der Waals surface area (Å²) >= 11 is 0. The SMILES string of the molecule is C=C(Cc1cccc(O)c1)Nc1cc(-c2nc3c([nH]2)c(=O)n(CCC)c(=O)n3CCC)n(C)n1. The zero-order valence-corrected chi connectivity index (χ0v) is 19.6. The molecule has 0 amide bonds. The number of allylic oxidation sites excluding steroid dienone is 1. The van der Waals surface area contributed by atoms with E-state index in [4.69, 9.17) is 0 Å². The zero-order valence-electron chi connectivity index (χ0n) is 19.6. The molecule has 0 unspecified atom stereocenters. The van der Waals surface area contributed by atoms with Gasteiger partial charge in [0.05, 0.1) is 0 Å². The van der Waals surface area contributed by atoms with E-state index >= 15 is 0 Å². The van der Waals surface area contributed by atoms with Crippen molar-refractivity contribution in [1.82, 2.24) is 28.9 Å². The highest BCUT2D eigenvalue weighted by molar-refractivity contribution is 5.75. The predicted octanol–water partition coefficient (Wildman–Crippen LogP) is 2.98. The highest BCUT2D eigenvalue weighted by Gasteiger charge is 2.19. The number of hydrogen-bond donors (Lipinski definition) is 3. The summed E-state index contributed by atoms with van der Waals surface area (Å²) in [5, 5.41) is 17.3. The Bertz CT molecular complexity index is 1470. The minimum Gasteiger partial charge on any atom is -0.508 e. The van der Waals surface area contributed by atoms with Crippen LogP contribution >= 0.6 is 0 Å². The van der Waals surface area contributed by atoms with Gasteiger partial charge in [0.15, 0.2) is 17.3 Å². The Kier molecular flexibility index (Phi) is 6.40. The maximum Gasteiger partial charge on any atom is 0.332 e. The van der Waals surface area contributed by atoms with Crippen LogP contribution in [0.15, 0.2) is 52.2 Å². The van der Waals surface area contributed by atoms with Gasteiger partial charge in [-0.25, -0.2) is 9.78 Å². The number of benzene rings is 1. The molecule has 4 aromatic rings. The third-order valence-electron chi connectivity index (χ3n) is 5.51. The lowest BCUT2D eigenvalue weighted by Crippen LogP contribution is -2.40. The van der Waals surface area contributed by atoms with E-state index in [1.165, 1.54) is 4.57 Å². The van der Waals surface area contributed by atoms with Crippen LogP contribution in [0.4, 0.5) is 5.82 Å². The first-order valence-corrected chi connectivity index (χ1v) is 11.3. The number of nitrogens with zero attached hydrogens (tertiary/aromatic N) is 5. The van der Waals surface area contributed by atoms with E-state index in [9.17, 15) is 14.7 Å². The Morgan fingerprint density at radius 3 is 2.59 bits per heavy atom. The lowest BCUT2D eigenvalue weighted by molar-refractivity contribution is 0.474. The van der Waals surface area contributed by atoms with E-state index in [1.54, 1.807) is 40.6 Å². The largest absolute Gasteiger partial charge is 0.508 e. The second-order valence-corrected chi connectivity index (χ2v) is 8.29. The number of aromatic hydroxyl groups is 1. The van der Waals surface area contributed by atoms with Crippen molar-refractivity contribution in [2.24, 2.45) is 7.05 Å². The molecule has 3 heterocycles. The van der Waals surface area contributed by atoms with Crippen molar-refractivity contribution in [2.75, 3.05) is 5.32 Å². The van der Waals surface area contributed by atoms with E-state index in [1.807, 2.05) is 19.9 Å². The van der Waals surface area contributed by atoms with Crippen molar-refractivity contribution in [3.63, 3.8) is 0 Å². The number of hydrogen-bond acceptors (Lipinski definition) is 6. The summed E-state index contributed by atoms with van der Waals surface area (Å²) < 4.78 is 4.47. The average molecular weight is 464 g/mol. The Morgan fingerprint density at radius 1 is 1.15 bits per heavy atom. The summed E-state index contributed by atoms with van der Waals surface area (Å²) in [6, 6.07) is 8.80. The minimum absolute atomic E-state index is 0.204. The standard InChI is InChI=1S/C24H29N7O3/c1-5-10-30-22-20(23(33)31(11-6-2)24(30)34)26-21(27-22)18-14-19(28-29(18)4)25-15(3)12-16-8-7-9-17(32)13-16/h7-9,13-14,32H,3,5-6,10-12H2,1-2,4H3,(H,25,28)(H,26,27). The summed E-state index contributed by atoms with van der Waals surface area (Å²) in [7, 11) is 1.78. The topological polar surface area (TPSA) is 123 Å². The van der Waals surface area contributed by atoms with Gasteiger partial charge in [-0.3, -0.25) is 18.6 Å².